The number of rotatable bonds is 6. The van der Waals surface area contributed by atoms with Crippen LogP contribution in [-0.4, -0.2) is 22.9 Å². The number of anilines is 1. The normalized spacial score (nSPS) is 11.7. The van der Waals surface area contributed by atoms with Crippen LogP contribution in [0, 0.1) is 10.1 Å². The molecule has 7 nitrogen and oxygen atoms in total. The first-order chi connectivity index (χ1) is 12.0. The molecule has 0 aliphatic rings. The van der Waals surface area contributed by atoms with E-state index >= 15 is 0 Å². The fourth-order valence-electron chi connectivity index (χ4n) is 1.97. The van der Waals surface area contributed by atoms with E-state index in [1.165, 1.54) is 31.2 Å². The van der Waals surface area contributed by atoms with Gasteiger partial charge < -0.3 is 10.1 Å². The highest BCUT2D eigenvalue weighted by atomic mass is 16.6. The zero-order valence-corrected chi connectivity index (χ0v) is 13.4. The van der Waals surface area contributed by atoms with E-state index < -0.39 is 22.9 Å². The van der Waals surface area contributed by atoms with Gasteiger partial charge in [-0.1, -0.05) is 42.5 Å². The van der Waals surface area contributed by atoms with Gasteiger partial charge in [-0.05, 0) is 24.6 Å². The summed E-state index contributed by atoms with van der Waals surface area (Å²) < 4.78 is 5.00. The molecule has 0 aliphatic carbocycles. The lowest BCUT2D eigenvalue weighted by Crippen LogP contribution is -2.29. The van der Waals surface area contributed by atoms with Gasteiger partial charge in [0.05, 0.1) is 4.92 Å². The van der Waals surface area contributed by atoms with Gasteiger partial charge in [0.2, 0.25) is 0 Å². The smallest absolute Gasteiger partial charge is 0.331 e. The molecule has 7 heteroatoms. The number of hydrogen-bond donors (Lipinski definition) is 1. The number of nitro benzene ring substituents is 1. The van der Waals surface area contributed by atoms with Crippen LogP contribution in [0.15, 0.2) is 60.7 Å². The molecule has 25 heavy (non-hydrogen) atoms. The third kappa shape index (κ3) is 5.28. The quantitative estimate of drug-likeness (QED) is 0.377. The fraction of sp³-hybridized carbons (Fsp3) is 0.111. The molecule has 1 N–H and O–H groups in total. The molecule has 2 aromatic rings. The van der Waals surface area contributed by atoms with Crippen molar-refractivity contribution >= 4 is 29.3 Å². The van der Waals surface area contributed by atoms with Gasteiger partial charge in [-0.3, -0.25) is 14.9 Å². The van der Waals surface area contributed by atoms with Crippen LogP contribution in [0.2, 0.25) is 0 Å². The Morgan fingerprint density at radius 2 is 1.76 bits per heavy atom. The van der Waals surface area contributed by atoms with E-state index in [2.05, 4.69) is 5.32 Å². The lowest BCUT2D eigenvalue weighted by Gasteiger charge is -2.12. The van der Waals surface area contributed by atoms with Crippen molar-refractivity contribution < 1.29 is 19.2 Å². The zero-order chi connectivity index (χ0) is 18.2. The molecule has 2 aromatic carbocycles. The monoisotopic (exact) mass is 340 g/mol. The summed E-state index contributed by atoms with van der Waals surface area (Å²) in [5.41, 5.74) is 0.620. The fourth-order valence-corrected chi connectivity index (χ4v) is 1.97. The molecular formula is C18H16N2O5. The summed E-state index contributed by atoms with van der Waals surface area (Å²) in [7, 11) is 0. The standard InChI is InChI=1S/C18H16N2O5/c1-13(25-17(21)12-11-14-7-3-2-4-8-14)18(22)19-15-9-5-6-10-16(15)20(23)24/h2-13H,1H3,(H,19,22)/b12-11+/t13-/m0/s1. The van der Waals surface area contributed by atoms with Gasteiger partial charge in [0.25, 0.3) is 11.6 Å². The average Bonchev–Trinajstić information content (AvgIpc) is 2.61. The number of esters is 1. The highest BCUT2D eigenvalue weighted by Gasteiger charge is 2.20. The summed E-state index contributed by atoms with van der Waals surface area (Å²) in [5, 5.41) is 13.3. The van der Waals surface area contributed by atoms with Crippen molar-refractivity contribution in [1.29, 1.82) is 0 Å². The van der Waals surface area contributed by atoms with Crippen molar-refractivity contribution in [3.05, 3.63) is 76.4 Å². The van der Waals surface area contributed by atoms with Crippen molar-refractivity contribution in [2.24, 2.45) is 0 Å². The molecule has 2 rings (SSSR count). The number of hydrogen-bond acceptors (Lipinski definition) is 5. The van der Waals surface area contributed by atoms with Gasteiger partial charge in [0, 0.05) is 12.1 Å². The first-order valence-electron chi connectivity index (χ1n) is 7.45. The first kappa shape index (κ1) is 17.9. The molecular weight excluding hydrogens is 324 g/mol. The number of carbonyl (C=O) groups is 2. The molecule has 0 radical (unpaired) electrons. The SMILES string of the molecule is C[C@H](OC(=O)/C=C/c1ccccc1)C(=O)Nc1ccccc1[N+](=O)[O-]. The van der Waals surface area contributed by atoms with Crippen LogP contribution in [0.25, 0.3) is 6.08 Å². The van der Waals surface area contributed by atoms with Gasteiger partial charge in [0.1, 0.15) is 5.69 Å². The van der Waals surface area contributed by atoms with Crippen LogP contribution in [0.1, 0.15) is 12.5 Å². The summed E-state index contributed by atoms with van der Waals surface area (Å²) in [6, 6.07) is 14.9. The molecule has 0 aromatic heterocycles. The van der Waals surface area contributed by atoms with Crippen LogP contribution in [-0.2, 0) is 14.3 Å². The van der Waals surface area contributed by atoms with E-state index in [0.717, 1.165) is 5.56 Å². The minimum absolute atomic E-state index is 0.0419. The van der Waals surface area contributed by atoms with Crippen molar-refractivity contribution in [3.63, 3.8) is 0 Å². The number of benzene rings is 2. The molecule has 0 saturated heterocycles. The number of ether oxygens (including phenoxy) is 1. The van der Waals surface area contributed by atoms with E-state index in [1.807, 2.05) is 30.3 Å². The number of nitro groups is 1. The Bertz CT molecular complexity index is 802. The van der Waals surface area contributed by atoms with Crippen molar-refractivity contribution in [2.45, 2.75) is 13.0 Å². The highest BCUT2D eigenvalue weighted by Crippen LogP contribution is 2.23. The largest absolute Gasteiger partial charge is 0.449 e. The maximum absolute atomic E-state index is 12.1. The maximum Gasteiger partial charge on any atom is 0.331 e. The van der Waals surface area contributed by atoms with Crippen molar-refractivity contribution in [1.82, 2.24) is 0 Å². The third-order valence-corrected chi connectivity index (χ3v) is 3.23. The number of para-hydroxylation sites is 2. The third-order valence-electron chi connectivity index (χ3n) is 3.23. The Balaban J connectivity index is 1.95. The van der Waals surface area contributed by atoms with Crippen LogP contribution < -0.4 is 5.32 Å². The summed E-state index contributed by atoms with van der Waals surface area (Å²) in [4.78, 5) is 34.2. The molecule has 1 atom stereocenters. The Kier molecular flexibility index (Phi) is 6.00. The second-order valence-corrected chi connectivity index (χ2v) is 5.09. The lowest BCUT2D eigenvalue weighted by atomic mass is 10.2. The van der Waals surface area contributed by atoms with Gasteiger partial charge in [-0.25, -0.2) is 4.79 Å². The van der Waals surface area contributed by atoms with E-state index in [4.69, 9.17) is 4.74 Å². The van der Waals surface area contributed by atoms with Crippen LogP contribution in [0.5, 0.6) is 0 Å². The molecule has 0 spiro atoms. The molecule has 0 aliphatic heterocycles. The maximum atomic E-state index is 12.1. The molecule has 0 heterocycles. The second kappa shape index (κ2) is 8.39. The Hall–Kier alpha value is -3.48. The molecule has 0 bridgehead atoms. The van der Waals surface area contributed by atoms with Crippen molar-refractivity contribution in [3.8, 4) is 0 Å². The minimum atomic E-state index is -1.10. The summed E-state index contributed by atoms with van der Waals surface area (Å²) in [6.45, 7) is 1.39. The number of amides is 1. The predicted octanol–water partition coefficient (Wildman–Crippen LogP) is 3.18. The van der Waals surface area contributed by atoms with E-state index in [-0.39, 0.29) is 11.4 Å². The van der Waals surface area contributed by atoms with E-state index in [9.17, 15) is 19.7 Å². The minimum Gasteiger partial charge on any atom is -0.449 e. The summed E-state index contributed by atoms with van der Waals surface area (Å²) >= 11 is 0. The lowest BCUT2D eigenvalue weighted by molar-refractivity contribution is -0.383. The van der Waals surface area contributed by atoms with Crippen molar-refractivity contribution in [2.75, 3.05) is 5.32 Å². The first-order valence-corrected chi connectivity index (χ1v) is 7.45. The number of nitrogens with zero attached hydrogens (tertiary/aromatic N) is 1. The summed E-state index contributed by atoms with van der Waals surface area (Å²) in [6.07, 6.45) is 1.67. The van der Waals surface area contributed by atoms with Crippen LogP contribution >= 0.6 is 0 Å². The number of carbonyl (C=O) groups excluding carboxylic acids is 2. The molecule has 0 fully saturated rings. The number of nitrogens with one attached hydrogen (secondary N) is 1. The summed E-state index contributed by atoms with van der Waals surface area (Å²) in [5.74, 6) is -1.34. The molecule has 1 amide bonds. The van der Waals surface area contributed by atoms with Crippen LogP contribution in [0.4, 0.5) is 11.4 Å². The second-order valence-electron chi connectivity index (χ2n) is 5.09. The van der Waals surface area contributed by atoms with E-state index in [1.54, 1.807) is 12.1 Å². The van der Waals surface area contributed by atoms with E-state index in [0.29, 0.717) is 0 Å². The Morgan fingerprint density at radius 1 is 1.12 bits per heavy atom. The topological polar surface area (TPSA) is 98.5 Å². The Morgan fingerprint density at radius 3 is 2.44 bits per heavy atom. The Labute approximate surface area is 144 Å². The van der Waals surface area contributed by atoms with Gasteiger partial charge >= 0.3 is 5.97 Å². The van der Waals surface area contributed by atoms with Gasteiger partial charge in [-0.15, -0.1) is 0 Å². The zero-order valence-electron chi connectivity index (χ0n) is 13.4. The molecule has 0 saturated carbocycles. The van der Waals surface area contributed by atoms with Gasteiger partial charge in [0.15, 0.2) is 6.10 Å². The highest BCUT2D eigenvalue weighted by molar-refractivity contribution is 5.98. The molecule has 0 unspecified atom stereocenters. The van der Waals surface area contributed by atoms with Gasteiger partial charge in [-0.2, -0.15) is 0 Å². The van der Waals surface area contributed by atoms with Crippen LogP contribution in [0.3, 0.4) is 0 Å². The predicted molar refractivity (Wildman–Crippen MR) is 92.8 cm³/mol. The average molecular weight is 340 g/mol. The molecule has 128 valence electrons.